The van der Waals surface area contributed by atoms with Crippen molar-refractivity contribution >= 4 is 11.8 Å². The van der Waals surface area contributed by atoms with E-state index in [1.54, 1.807) is 4.68 Å². The minimum absolute atomic E-state index is 0.0341. The van der Waals surface area contributed by atoms with E-state index in [0.717, 1.165) is 24.9 Å². The highest BCUT2D eigenvalue weighted by atomic mass is 16.2. The zero-order valence-corrected chi connectivity index (χ0v) is 15.5. The lowest BCUT2D eigenvalue weighted by atomic mass is 9.77. The average molecular weight is 368 g/mol. The second kappa shape index (κ2) is 7.09. The number of carbonyl (C=O) groups is 2. The molecule has 27 heavy (non-hydrogen) atoms. The first-order valence-corrected chi connectivity index (χ1v) is 9.35. The van der Waals surface area contributed by atoms with Crippen molar-refractivity contribution in [1.82, 2.24) is 30.0 Å². The molecule has 1 aromatic carbocycles. The maximum atomic E-state index is 13.3. The first-order valence-electron chi connectivity index (χ1n) is 9.35. The van der Waals surface area contributed by atoms with Crippen molar-refractivity contribution in [3.63, 3.8) is 0 Å². The van der Waals surface area contributed by atoms with Gasteiger partial charge in [-0.3, -0.25) is 9.59 Å². The van der Waals surface area contributed by atoms with Gasteiger partial charge >= 0.3 is 0 Å². The SMILES string of the molecule is CN1CC2(CCN(C(=O)C(Cc3ccccc3)n3cnnn3)CC2)CC1=O. The molecule has 0 saturated carbocycles. The molecule has 0 bridgehead atoms. The molecule has 0 aliphatic carbocycles. The lowest BCUT2D eigenvalue weighted by molar-refractivity contribution is -0.137. The minimum atomic E-state index is -0.454. The Morgan fingerprint density at radius 3 is 2.56 bits per heavy atom. The second-order valence-corrected chi connectivity index (χ2v) is 7.75. The molecule has 0 radical (unpaired) electrons. The summed E-state index contributed by atoms with van der Waals surface area (Å²) in [6.45, 7) is 2.15. The van der Waals surface area contributed by atoms with Gasteiger partial charge in [0.25, 0.3) is 0 Å². The Balaban J connectivity index is 1.47. The zero-order valence-electron chi connectivity index (χ0n) is 15.5. The summed E-state index contributed by atoms with van der Waals surface area (Å²) in [4.78, 5) is 28.9. The molecule has 2 aromatic rings. The molecule has 4 rings (SSSR count). The molecule has 1 aromatic heterocycles. The molecule has 2 fully saturated rings. The van der Waals surface area contributed by atoms with E-state index in [-0.39, 0.29) is 17.2 Å². The Morgan fingerprint density at radius 1 is 1.22 bits per heavy atom. The third-order valence-corrected chi connectivity index (χ3v) is 5.90. The van der Waals surface area contributed by atoms with Crippen LogP contribution in [0, 0.1) is 5.41 Å². The van der Waals surface area contributed by atoms with E-state index in [1.807, 2.05) is 47.2 Å². The van der Waals surface area contributed by atoms with Crippen LogP contribution in [0.3, 0.4) is 0 Å². The van der Waals surface area contributed by atoms with Crippen LogP contribution >= 0.6 is 0 Å². The smallest absolute Gasteiger partial charge is 0.247 e. The summed E-state index contributed by atoms with van der Waals surface area (Å²) < 4.78 is 1.55. The van der Waals surface area contributed by atoms with Gasteiger partial charge in [-0.1, -0.05) is 30.3 Å². The predicted molar refractivity (Wildman–Crippen MR) is 97.5 cm³/mol. The Labute approximate surface area is 158 Å². The summed E-state index contributed by atoms with van der Waals surface area (Å²) in [5.74, 6) is 0.254. The topological polar surface area (TPSA) is 84.2 Å². The summed E-state index contributed by atoms with van der Waals surface area (Å²) in [5.41, 5.74) is 1.11. The number of benzene rings is 1. The monoisotopic (exact) mass is 368 g/mol. The van der Waals surface area contributed by atoms with Crippen molar-refractivity contribution in [3.8, 4) is 0 Å². The van der Waals surface area contributed by atoms with Gasteiger partial charge in [0.05, 0.1) is 0 Å². The van der Waals surface area contributed by atoms with Gasteiger partial charge in [0, 0.05) is 44.9 Å². The van der Waals surface area contributed by atoms with Gasteiger partial charge in [0.2, 0.25) is 11.8 Å². The Morgan fingerprint density at radius 2 is 1.96 bits per heavy atom. The molecule has 2 aliphatic heterocycles. The lowest BCUT2D eigenvalue weighted by Crippen LogP contribution is -2.47. The van der Waals surface area contributed by atoms with Crippen LogP contribution in [0.4, 0.5) is 0 Å². The number of rotatable bonds is 4. The van der Waals surface area contributed by atoms with Crippen LogP contribution < -0.4 is 0 Å². The van der Waals surface area contributed by atoms with Gasteiger partial charge in [-0.05, 0) is 28.8 Å². The van der Waals surface area contributed by atoms with Gasteiger partial charge in [-0.15, -0.1) is 5.10 Å². The fourth-order valence-electron chi connectivity index (χ4n) is 4.29. The molecule has 1 atom stereocenters. The maximum absolute atomic E-state index is 13.3. The second-order valence-electron chi connectivity index (χ2n) is 7.75. The number of carbonyl (C=O) groups excluding carboxylic acids is 2. The number of aromatic nitrogens is 4. The van der Waals surface area contributed by atoms with Crippen molar-refractivity contribution < 1.29 is 9.59 Å². The molecule has 2 amide bonds. The fourth-order valence-corrected chi connectivity index (χ4v) is 4.29. The summed E-state index contributed by atoms with van der Waals surface area (Å²) >= 11 is 0. The van der Waals surface area contributed by atoms with E-state index < -0.39 is 6.04 Å². The molecule has 2 aliphatic rings. The van der Waals surface area contributed by atoms with E-state index in [0.29, 0.717) is 25.9 Å². The number of tetrazole rings is 1. The van der Waals surface area contributed by atoms with Crippen LogP contribution in [-0.4, -0.2) is 68.5 Å². The van der Waals surface area contributed by atoms with Crippen LogP contribution in [0.1, 0.15) is 30.9 Å². The highest BCUT2D eigenvalue weighted by molar-refractivity contribution is 5.81. The van der Waals surface area contributed by atoms with E-state index in [1.165, 1.54) is 6.33 Å². The molecular formula is C19H24N6O2. The number of hydrogen-bond acceptors (Lipinski definition) is 5. The Hall–Kier alpha value is -2.77. The minimum Gasteiger partial charge on any atom is -0.345 e. The fraction of sp³-hybridized carbons (Fsp3) is 0.526. The van der Waals surface area contributed by atoms with Crippen LogP contribution in [0.2, 0.25) is 0 Å². The molecule has 0 N–H and O–H groups in total. The summed E-state index contributed by atoms with van der Waals surface area (Å²) in [6.07, 6.45) is 4.38. The van der Waals surface area contributed by atoms with Gasteiger partial charge in [-0.25, -0.2) is 4.68 Å². The Bertz CT molecular complexity index is 799. The van der Waals surface area contributed by atoms with Crippen molar-refractivity contribution in [2.75, 3.05) is 26.7 Å². The van der Waals surface area contributed by atoms with E-state index in [4.69, 9.17) is 0 Å². The normalized spacial score (nSPS) is 20.3. The molecule has 3 heterocycles. The molecular weight excluding hydrogens is 344 g/mol. The number of piperidine rings is 1. The third-order valence-electron chi connectivity index (χ3n) is 5.90. The maximum Gasteiger partial charge on any atom is 0.247 e. The molecule has 142 valence electrons. The molecule has 8 heteroatoms. The van der Waals surface area contributed by atoms with E-state index in [2.05, 4.69) is 15.5 Å². The highest BCUT2D eigenvalue weighted by Gasteiger charge is 2.44. The highest BCUT2D eigenvalue weighted by Crippen LogP contribution is 2.40. The van der Waals surface area contributed by atoms with Crippen molar-refractivity contribution in [2.45, 2.75) is 31.7 Å². The third kappa shape index (κ3) is 3.56. The lowest BCUT2D eigenvalue weighted by Gasteiger charge is -2.39. The molecule has 1 spiro atoms. The first-order chi connectivity index (χ1) is 13.1. The molecule has 2 saturated heterocycles. The van der Waals surface area contributed by atoms with Crippen molar-refractivity contribution in [3.05, 3.63) is 42.2 Å². The average Bonchev–Trinajstić information content (AvgIpc) is 3.30. The number of likely N-dealkylation sites (tertiary alicyclic amines) is 2. The summed E-state index contributed by atoms with van der Waals surface area (Å²) in [7, 11) is 1.86. The first kappa shape index (κ1) is 17.6. The largest absolute Gasteiger partial charge is 0.345 e. The van der Waals surface area contributed by atoms with Crippen molar-refractivity contribution in [1.29, 1.82) is 0 Å². The predicted octanol–water partition coefficient (Wildman–Crippen LogP) is 0.928. The quantitative estimate of drug-likeness (QED) is 0.802. The van der Waals surface area contributed by atoms with Gasteiger partial charge in [-0.2, -0.15) is 0 Å². The van der Waals surface area contributed by atoms with Crippen LogP contribution in [-0.2, 0) is 16.0 Å². The van der Waals surface area contributed by atoms with Crippen molar-refractivity contribution in [2.24, 2.45) is 5.41 Å². The van der Waals surface area contributed by atoms with E-state index in [9.17, 15) is 9.59 Å². The standard InChI is InChI=1S/C19H24N6O2/c1-23-13-19(12-17(23)26)7-9-24(10-8-19)18(27)16(25-14-20-21-22-25)11-15-5-3-2-4-6-15/h2-6,14,16H,7-13H2,1H3. The van der Waals surface area contributed by atoms with Gasteiger partial charge in [0.15, 0.2) is 0 Å². The van der Waals surface area contributed by atoms with E-state index >= 15 is 0 Å². The number of nitrogens with zero attached hydrogens (tertiary/aromatic N) is 6. The number of hydrogen-bond donors (Lipinski definition) is 0. The van der Waals surface area contributed by atoms with Crippen LogP contribution in [0.15, 0.2) is 36.7 Å². The van der Waals surface area contributed by atoms with Crippen LogP contribution in [0.25, 0.3) is 0 Å². The molecule has 8 nitrogen and oxygen atoms in total. The van der Waals surface area contributed by atoms with Gasteiger partial charge in [0.1, 0.15) is 12.4 Å². The Kier molecular flexibility index (Phi) is 4.63. The van der Waals surface area contributed by atoms with Crippen LogP contribution in [0.5, 0.6) is 0 Å². The summed E-state index contributed by atoms with van der Waals surface area (Å²) in [5, 5.41) is 11.4. The van der Waals surface area contributed by atoms with Gasteiger partial charge < -0.3 is 9.80 Å². The summed E-state index contributed by atoms with van der Waals surface area (Å²) in [6, 6.07) is 9.46. The zero-order chi connectivity index (χ0) is 18.9. The number of amides is 2. The molecule has 1 unspecified atom stereocenters.